The van der Waals surface area contributed by atoms with Crippen LogP contribution in [-0.4, -0.2) is 42.2 Å². The van der Waals surface area contributed by atoms with Gasteiger partial charge in [0.15, 0.2) is 0 Å². The molecular weight excluding hydrogens is 472 g/mol. The summed E-state index contributed by atoms with van der Waals surface area (Å²) < 4.78 is 57.0. The number of carbonyl (C=O) groups is 1. The van der Waals surface area contributed by atoms with Gasteiger partial charge in [-0.25, -0.2) is 21.9 Å². The van der Waals surface area contributed by atoms with Crippen LogP contribution in [0, 0.1) is 11.6 Å². The van der Waals surface area contributed by atoms with E-state index >= 15 is 4.39 Å². The Morgan fingerprint density at radius 2 is 1.97 bits per heavy atom. The van der Waals surface area contributed by atoms with Gasteiger partial charge in [0.25, 0.3) is 0 Å². The molecule has 0 saturated heterocycles. The summed E-state index contributed by atoms with van der Waals surface area (Å²) in [5.41, 5.74) is 2.18. The number of amides is 1. The van der Waals surface area contributed by atoms with Crippen LogP contribution >= 0.6 is 11.6 Å². The summed E-state index contributed by atoms with van der Waals surface area (Å²) >= 11 is 5.88. The van der Waals surface area contributed by atoms with Gasteiger partial charge in [0.05, 0.1) is 4.90 Å². The summed E-state index contributed by atoms with van der Waals surface area (Å²) in [4.78, 5) is 17.4. The fourth-order valence-electron chi connectivity index (χ4n) is 4.63. The normalized spacial score (nSPS) is 20.8. The van der Waals surface area contributed by atoms with Gasteiger partial charge >= 0.3 is 0 Å². The maximum Gasteiger partial charge on any atom is 0.240 e. The first-order valence-corrected chi connectivity index (χ1v) is 12.7. The van der Waals surface area contributed by atoms with Crippen molar-refractivity contribution in [2.75, 3.05) is 5.88 Å². The largest absolute Gasteiger partial charge is 0.356 e. The molecule has 1 amide bonds. The van der Waals surface area contributed by atoms with E-state index in [1.807, 2.05) is 6.92 Å². The van der Waals surface area contributed by atoms with Crippen LogP contribution in [0.25, 0.3) is 10.9 Å². The van der Waals surface area contributed by atoms with Crippen molar-refractivity contribution in [2.24, 2.45) is 0 Å². The Hall–Kier alpha value is -2.49. The Kier molecular flexibility index (Phi) is 5.46. The molecule has 2 aromatic carbocycles. The van der Waals surface area contributed by atoms with Gasteiger partial charge in [-0.3, -0.25) is 4.79 Å². The van der Waals surface area contributed by atoms with Crippen LogP contribution in [0.5, 0.6) is 0 Å². The summed E-state index contributed by atoms with van der Waals surface area (Å²) in [5.74, 6) is -1.81. The summed E-state index contributed by atoms with van der Waals surface area (Å²) in [6, 6.07) is 6.76. The molecule has 33 heavy (non-hydrogen) atoms. The molecule has 1 aliphatic heterocycles. The van der Waals surface area contributed by atoms with E-state index in [0.29, 0.717) is 23.0 Å². The first-order valence-electron chi connectivity index (χ1n) is 10.7. The van der Waals surface area contributed by atoms with Gasteiger partial charge in [0, 0.05) is 34.2 Å². The number of sulfonamides is 1. The SMILES string of the molecule is C[C@@H]1Cc2c([nH]c3ccc(F)cc23)[C@@H](c2ccc(S(=O)(=O)NC3CC3)cc2F)N1C(=O)CCl. The lowest BCUT2D eigenvalue weighted by atomic mass is 9.88. The number of aromatic amines is 1. The number of aromatic nitrogens is 1. The van der Waals surface area contributed by atoms with Crippen LogP contribution in [-0.2, 0) is 21.2 Å². The number of nitrogens with one attached hydrogen (secondary N) is 2. The molecular formula is C23H22ClF2N3O3S. The third kappa shape index (κ3) is 3.92. The highest BCUT2D eigenvalue weighted by Gasteiger charge is 2.40. The summed E-state index contributed by atoms with van der Waals surface area (Å²) in [7, 11) is -3.84. The number of H-pyrrole nitrogens is 1. The monoisotopic (exact) mass is 493 g/mol. The number of alkyl halides is 1. The summed E-state index contributed by atoms with van der Waals surface area (Å²) in [6.45, 7) is 1.83. The highest BCUT2D eigenvalue weighted by molar-refractivity contribution is 7.89. The molecule has 0 spiro atoms. The number of hydrogen-bond acceptors (Lipinski definition) is 3. The van der Waals surface area contributed by atoms with E-state index in [9.17, 15) is 17.6 Å². The maximum absolute atomic E-state index is 15.5. The first kappa shape index (κ1) is 22.3. The van der Waals surface area contributed by atoms with Crippen molar-refractivity contribution >= 4 is 38.4 Å². The third-order valence-electron chi connectivity index (χ3n) is 6.31. The number of benzene rings is 2. The molecule has 1 aliphatic carbocycles. The van der Waals surface area contributed by atoms with Gasteiger partial charge in [-0.1, -0.05) is 6.07 Å². The molecule has 1 aromatic heterocycles. The molecule has 0 radical (unpaired) electrons. The van der Waals surface area contributed by atoms with E-state index in [1.165, 1.54) is 29.2 Å². The highest BCUT2D eigenvalue weighted by atomic mass is 35.5. The molecule has 6 nitrogen and oxygen atoms in total. The summed E-state index contributed by atoms with van der Waals surface area (Å²) in [5, 5.41) is 0.674. The third-order valence-corrected chi connectivity index (χ3v) is 8.05. The van der Waals surface area contributed by atoms with E-state index in [1.54, 1.807) is 6.07 Å². The number of hydrogen-bond donors (Lipinski definition) is 2. The molecule has 2 heterocycles. The molecule has 1 fully saturated rings. The number of rotatable bonds is 5. The fraction of sp³-hybridized carbons (Fsp3) is 0.348. The quantitative estimate of drug-likeness (QED) is 0.527. The average molecular weight is 494 g/mol. The predicted octanol–water partition coefficient (Wildman–Crippen LogP) is 3.99. The lowest BCUT2D eigenvalue weighted by molar-refractivity contribution is -0.133. The lowest BCUT2D eigenvalue weighted by Gasteiger charge is -2.41. The second kappa shape index (κ2) is 8.07. The van der Waals surface area contributed by atoms with Gasteiger partial charge in [0.1, 0.15) is 23.6 Å². The zero-order valence-electron chi connectivity index (χ0n) is 17.7. The number of fused-ring (bicyclic) bond motifs is 3. The molecule has 1 saturated carbocycles. The Labute approximate surface area is 195 Å². The van der Waals surface area contributed by atoms with Crippen LogP contribution in [0.1, 0.15) is 42.6 Å². The Bertz CT molecular complexity index is 1370. The lowest BCUT2D eigenvalue weighted by Crippen LogP contribution is -2.47. The fourth-order valence-corrected chi connectivity index (χ4v) is 6.09. The Morgan fingerprint density at radius 3 is 2.64 bits per heavy atom. The smallest absolute Gasteiger partial charge is 0.240 e. The van der Waals surface area contributed by atoms with Crippen LogP contribution in [0.15, 0.2) is 41.3 Å². The molecule has 0 bridgehead atoms. The van der Waals surface area contributed by atoms with E-state index in [2.05, 4.69) is 9.71 Å². The van der Waals surface area contributed by atoms with Crippen molar-refractivity contribution in [1.82, 2.24) is 14.6 Å². The van der Waals surface area contributed by atoms with Gasteiger partial charge < -0.3 is 9.88 Å². The van der Waals surface area contributed by atoms with Gasteiger partial charge in [-0.2, -0.15) is 0 Å². The van der Waals surface area contributed by atoms with Crippen molar-refractivity contribution in [3.05, 3.63) is 64.9 Å². The number of halogens is 3. The van der Waals surface area contributed by atoms with Gasteiger partial charge in [-0.15, -0.1) is 11.6 Å². The number of nitrogens with zero attached hydrogens (tertiary/aromatic N) is 1. The van der Waals surface area contributed by atoms with E-state index < -0.39 is 27.7 Å². The minimum Gasteiger partial charge on any atom is -0.356 e. The molecule has 2 atom stereocenters. The van der Waals surface area contributed by atoms with E-state index in [0.717, 1.165) is 24.5 Å². The number of carbonyl (C=O) groups excluding carboxylic acids is 1. The topological polar surface area (TPSA) is 82.3 Å². The van der Waals surface area contributed by atoms with Crippen LogP contribution in [0.3, 0.4) is 0 Å². The Balaban J connectivity index is 1.65. The average Bonchev–Trinajstić information content (AvgIpc) is 3.51. The second-order valence-electron chi connectivity index (χ2n) is 8.68. The van der Waals surface area contributed by atoms with Crippen LogP contribution in [0.2, 0.25) is 0 Å². The molecule has 174 valence electrons. The first-order chi connectivity index (χ1) is 15.7. The van der Waals surface area contributed by atoms with Crippen molar-refractivity contribution in [1.29, 1.82) is 0 Å². The van der Waals surface area contributed by atoms with Gasteiger partial charge in [-0.05, 0) is 62.1 Å². The van der Waals surface area contributed by atoms with Gasteiger partial charge in [0.2, 0.25) is 15.9 Å². The van der Waals surface area contributed by atoms with Crippen molar-refractivity contribution < 1.29 is 22.0 Å². The van der Waals surface area contributed by atoms with Crippen LogP contribution in [0.4, 0.5) is 8.78 Å². The van der Waals surface area contributed by atoms with E-state index in [-0.39, 0.29) is 34.3 Å². The standard InChI is InChI=1S/C23H22ClF2N3O3S/c1-12-8-18-17-9-13(25)2-7-20(17)27-22(18)23(29(12)21(30)11-24)16-6-5-15(10-19(16)26)33(31,32)28-14-3-4-14/h2,5-7,9-10,12,14,23,27-28H,3-4,8,11H2,1H3/t12-,23-/m1/s1. The maximum atomic E-state index is 15.5. The molecule has 2 N–H and O–H groups in total. The van der Waals surface area contributed by atoms with Crippen LogP contribution < -0.4 is 4.72 Å². The minimum absolute atomic E-state index is 0.108. The molecule has 10 heteroatoms. The van der Waals surface area contributed by atoms with Crippen molar-refractivity contribution in [3.8, 4) is 0 Å². The van der Waals surface area contributed by atoms with Crippen molar-refractivity contribution in [3.63, 3.8) is 0 Å². The second-order valence-corrected chi connectivity index (χ2v) is 10.7. The van der Waals surface area contributed by atoms with Crippen molar-refractivity contribution in [2.45, 2.75) is 49.2 Å². The summed E-state index contributed by atoms with van der Waals surface area (Å²) in [6.07, 6.45) is 1.97. The zero-order chi connectivity index (χ0) is 23.5. The predicted molar refractivity (Wildman–Crippen MR) is 121 cm³/mol. The van der Waals surface area contributed by atoms with E-state index in [4.69, 9.17) is 11.6 Å². The minimum atomic E-state index is -3.84. The molecule has 2 aliphatic rings. The Morgan fingerprint density at radius 1 is 1.21 bits per heavy atom. The molecule has 5 rings (SSSR count). The zero-order valence-corrected chi connectivity index (χ0v) is 19.3. The molecule has 0 unspecified atom stereocenters. The molecule has 3 aromatic rings. The highest BCUT2D eigenvalue weighted by Crippen LogP contribution is 2.42.